The first-order valence-corrected chi connectivity index (χ1v) is 6.18. The van der Waals surface area contributed by atoms with Crippen molar-refractivity contribution in [2.24, 2.45) is 5.92 Å². The predicted octanol–water partition coefficient (Wildman–Crippen LogP) is 4.12. The summed E-state index contributed by atoms with van der Waals surface area (Å²) < 4.78 is 11.5. The molecule has 94 valence electrons. The smallest absolute Gasteiger partial charge is 0.202 e. The van der Waals surface area contributed by atoms with E-state index in [4.69, 9.17) is 9.47 Å². The highest BCUT2D eigenvalue weighted by Gasteiger charge is 2.15. The van der Waals surface area contributed by atoms with E-state index >= 15 is 0 Å². The highest BCUT2D eigenvalue weighted by molar-refractivity contribution is 5.48. The Labute approximate surface area is 104 Å². The van der Waals surface area contributed by atoms with Crippen LogP contribution in [-0.2, 0) is 4.74 Å². The SMILES string of the molecule is C=Cc1ccc(OC(OCCC)C(C)C)cc1. The second kappa shape index (κ2) is 7.13. The zero-order valence-corrected chi connectivity index (χ0v) is 11.0. The molecule has 0 spiro atoms. The Balaban J connectivity index is 2.61. The summed E-state index contributed by atoms with van der Waals surface area (Å²) in [7, 11) is 0. The minimum absolute atomic E-state index is 0.176. The maximum Gasteiger partial charge on any atom is 0.202 e. The van der Waals surface area contributed by atoms with Crippen LogP contribution in [0.25, 0.3) is 6.08 Å². The van der Waals surface area contributed by atoms with E-state index in [2.05, 4.69) is 27.4 Å². The van der Waals surface area contributed by atoms with Gasteiger partial charge in [-0.1, -0.05) is 45.6 Å². The van der Waals surface area contributed by atoms with Crippen molar-refractivity contribution in [1.82, 2.24) is 0 Å². The van der Waals surface area contributed by atoms with E-state index in [-0.39, 0.29) is 6.29 Å². The van der Waals surface area contributed by atoms with Gasteiger partial charge in [-0.15, -0.1) is 0 Å². The highest BCUT2D eigenvalue weighted by atomic mass is 16.7. The Bertz CT molecular complexity index is 327. The van der Waals surface area contributed by atoms with Crippen LogP contribution in [0.4, 0.5) is 0 Å². The number of rotatable bonds is 7. The van der Waals surface area contributed by atoms with Gasteiger partial charge in [-0.05, 0) is 24.1 Å². The second-order valence-electron chi connectivity index (χ2n) is 4.37. The van der Waals surface area contributed by atoms with Gasteiger partial charge in [0, 0.05) is 5.92 Å². The molecule has 0 saturated carbocycles. The van der Waals surface area contributed by atoms with Gasteiger partial charge in [0.2, 0.25) is 6.29 Å². The van der Waals surface area contributed by atoms with E-state index in [0.717, 1.165) is 24.3 Å². The standard InChI is InChI=1S/C15H22O2/c1-5-11-16-15(12(3)4)17-14-9-7-13(6-2)8-10-14/h6-10,12,15H,2,5,11H2,1,3-4H3. The maximum atomic E-state index is 5.82. The first-order valence-electron chi connectivity index (χ1n) is 6.18. The van der Waals surface area contributed by atoms with Gasteiger partial charge in [-0.3, -0.25) is 0 Å². The van der Waals surface area contributed by atoms with Gasteiger partial charge < -0.3 is 9.47 Å². The minimum atomic E-state index is -0.176. The van der Waals surface area contributed by atoms with E-state index in [0.29, 0.717) is 5.92 Å². The van der Waals surface area contributed by atoms with Crippen LogP contribution < -0.4 is 4.74 Å². The van der Waals surface area contributed by atoms with Crippen molar-refractivity contribution in [2.45, 2.75) is 33.5 Å². The van der Waals surface area contributed by atoms with E-state index in [1.165, 1.54) is 0 Å². The number of hydrogen-bond donors (Lipinski definition) is 0. The second-order valence-corrected chi connectivity index (χ2v) is 4.37. The molecule has 0 saturated heterocycles. The maximum absolute atomic E-state index is 5.82. The zero-order chi connectivity index (χ0) is 12.7. The lowest BCUT2D eigenvalue weighted by Crippen LogP contribution is -2.27. The van der Waals surface area contributed by atoms with Crippen LogP contribution in [0.1, 0.15) is 32.8 Å². The van der Waals surface area contributed by atoms with Gasteiger partial charge in [-0.25, -0.2) is 0 Å². The molecule has 0 aromatic heterocycles. The summed E-state index contributed by atoms with van der Waals surface area (Å²) in [6, 6.07) is 7.86. The van der Waals surface area contributed by atoms with Crippen LogP contribution in [0.5, 0.6) is 5.75 Å². The van der Waals surface area contributed by atoms with Gasteiger partial charge in [0.1, 0.15) is 5.75 Å². The van der Waals surface area contributed by atoms with Crippen LogP contribution in [-0.4, -0.2) is 12.9 Å². The van der Waals surface area contributed by atoms with Crippen molar-refractivity contribution in [2.75, 3.05) is 6.61 Å². The van der Waals surface area contributed by atoms with Crippen LogP contribution in [0.2, 0.25) is 0 Å². The van der Waals surface area contributed by atoms with Gasteiger partial charge >= 0.3 is 0 Å². The van der Waals surface area contributed by atoms with E-state index in [9.17, 15) is 0 Å². The quantitative estimate of drug-likeness (QED) is 0.661. The average molecular weight is 234 g/mol. The molecule has 0 fully saturated rings. The predicted molar refractivity (Wildman–Crippen MR) is 72.0 cm³/mol. The fourth-order valence-electron chi connectivity index (χ4n) is 1.41. The Morgan fingerprint density at radius 1 is 1.24 bits per heavy atom. The summed E-state index contributed by atoms with van der Waals surface area (Å²) in [5, 5.41) is 0. The molecule has 17 heavy (non-hydrogen) atoms. The molecule has 0 radical (unpaired) electrons. The lowest BCUT2D eigenvalue weighted by atomic mass is 10.2. The Morgan fingerprint density at radius 3 is 2.35 bits per heavy atom. The Morgan fingerprint density at radius 2 is 1.88 bits per heavy atom. The molecule has 2 nitrogen and oxygen atoms in total. The van der Waals surface area contributed by atoms with Crippen molar-refractivity contribution in [3.8, 4) is 5.75 Å². The first kappa shape index (κ1) is 13.8. The molecule has 0 heterocycles. The van der Waals surface area contributed by atoms with Crippen LogP contribution >= 0.6 is 0 Å². The molecule has 0 aliphatic heterocycles. The van der Waals surface area contributed by atoms with Crippen molar-refractivity contribution < 1.29 is 9.47 Å². The third-order valence-corrected chi connectivity index (χ3v) is 2.40. The highest BCUT2D eigenvalue weighted by Crippen LogP contribution is 2.18. The molecule has 1 aromatic carbocycles. The third-order valence-electron chi connectivity index (χ3n) is 2.40. The van der Waals surface area contributed by atoms with Crippen molar-refractivity contribution in [1.29, 1.82) is 0 Å². The topological polar surface area (TPSA) is 18.5 Å². The van der Waals surface area contributed by atoms with Crippen LogP contribution in [0.3, 0.4) is 0 Å². The summed E-state index contributed by atoms with van der Waals surface area (Å²) in [5.41, 5.74) is 1.09. The van der Waals surface area contributed by atoms with Crippen molar-refractivity contribution in [3.05, 3.63) is 36.4 Å². The zero-order valence-electron chi connectivity index (χ0n) is 11.0. The van der Waals surface area contributed by atoms with E-state index < -0.39 is 0 Å². The van der Waals surface area contributed by atoms with Gasteiger partial charge in [0.15, 0.2) is 0 Å². The summed E-state index contributed by atoms with van der Waals surface area (Å²) in [6.07, 6.45) is 2.64. The van der Waals surface area contributed by atoms with E-state index in [1.54, 1.807) is 0 Å². The summed E-state index contributed by atoms with van der Waals surface area (Å²) in [5.74, 6) is 1.17. The Hall–Kier alpha value is -1.28. The van der Waals surface area contributed by atoms with E-state index in [1.807, 2.05) is 30.3 Å². The molecule has 1 unspecified atom stereocenters. The molecular formula is C15H22O2. The normalized spacial score (nSPS) is 12.5. The fourth-order valence-corrected chi connectivity index (χ4v) is 1.41. The average Bonchev–Trinajstić information content (AvgIpc) is 2.35. The summed E-state index contributed by atoms with van der Waals surface area (Å²) in [6.45, 7) is 10.7. The lowest BCUT2D eigenvalue weighted by Gasteiger charge is -2.22. The van der Waals surface area contributed by atoms with Crippen LogP contribution in [0, 0.1) is 5.92 Å². The lowest BCUT2D eigenvalue weighted by molar-refractivity contribution is -0.107. The fraction of sp³-hybridized carbons (Fsp3) is 0.467. The number of hydrogen-bond acceptors (Lipinski definition) is 2. The largest absolute Gasteiger partial charge is 0.465 e. The summed E-state index contributed by atoms with van der Waals surface area (Å²) in [4.78, 5) is 0. The van der Waals surface area contributed by atoms with Gasteiger partial charge in [0.05, 0.1) is 6.61 Å². The Kier molecular flexibility index (Phi) is 5.78. The molecule has 2 heteroatoms. The molecule has 1 aromatic rings. The first-order chi connectivity index (χ1) is 8.17. The molecule has 0 amide bonds. The van der Waals surface area contributed by atoms with Crippen molar-refractivity contribution >= 4 is 6.08 Å². The number of ether oxygens (including phenoxy) is 2. The minimum Gasteiger partial charge on any atom is -0.465 e. The van der Waals surface area contributed by atoms with Gasteiger partial charge in [-0.2, -0.15) is 0 Å². The molecule has 0 bridgehead atoms. The van der Waals surface area contributed by atoms with Gasteiger partial charge in [0.25, 0.3) is 0 Å². The van der Waals surface area contributed by atoms with Crippen LogP contribution in [0.15, 0.2) is 30.8 Å². The number of benzene rings is 1. The molecule has 0 aliphatic rings. The molecule has 1 atom stereocenters. The molecule has 1 rings (SSSR count). The third kappa shape index (κ3) is 4.61. The molecular weight excluding hydrogens is 212 g/mol. The monoisotopic (exact) mass is 234 g/mol. The summed E-state index contributed by atoms with van der Waals surface area (Å²) >= 11 is 0. The van der Waals surface area contributed by atoms with Crippen molar-refractivity contribution in [3.63, 3.8) is 0 Å². The molecule has 0 aliphatic carbocycles. The molecule has 0 N–H and O–H groups in total.